The first-order valence-corrected chi connectivity index (χ1v) is 17.0. The Kier molecular flexibility index (Phi) is 7.34. The van der Waals surface area contributed by atoms with Gasteiger partial charge in [-0.3, -0.25) is 9.69 Å². The van der Waals surface area contributed by atoms with Crippen molar-refractivity contribution in [3.8, 4) is 0 Å². The van der Waals surface area contributed by atoms with Gasteiger partial charge >= 0.3 is 0 Å². The lowest BCUT2D eigenvalue weighted by Gasteiger charge is -2.50. The number of Topliss-reactive ketones (excluding diaryl/α,β-unsaturated/α-hetero) is 1. The Labute approximate surface area is 248 Å². The van der Waals surface area contributed by atoms with E-state index in [1.54, 1.807) is 7.11 Å². The average molecular weight is 570 g/mol. The van der Waals surface area contributed by atoms with E-state index < -0.39 is 0 Å². The topological polar surface area (TPSA) is 57.2 Å². The zero-order valence-corrected chi connectivity index (χ0v) is 26.4. The molecule has 0 amide bonds. The molecule has 0 bridgehead atoms. The summed E-state index contributed by atoms with van der Waals surface area (Å²) in [5, 5.41) is 0. The van der Waals surface area contributed by atoms with E-state index in [2.05, 4.69) is 38.7 Å². The minimum absolute atomic E-state index is 0.00434. The standard InChI is InChI=1S/C35H55NO5/c1-23-18-30-31(36(21-23)12-13-39-16-17-40-15-14-38-5)24(2)35(41-30)11-9-28-27-7-6-25-19-26(37)8-10-32(25,3)29(27)20-34(28)22-33(34,35)4/h6,23-24,27-31H,7-22H2,1-5H3/t23-,24+,27-,28-,29-,30+,31-,32-,33?,34?,35+/m0/s1. The second-order valence-corrected chi connectivity index (χ2v) is 15.8. The van der Waals surface area contributed by atoms with E-state index in [4.69, 9.17) is 18.9 Å². The molecule has 2 aliphatic heterocycles. The van der Waals surface area contributed by atoms with Crippen LogP contribution in [0.2, 0.25) is 0 Å². The molecule has 2 saturated heterocycles. The van der Waals surface area contributed by atoms with Gasteiger partial charge < -0.3 is 18.9 Å². The van der Waals surface area contributed by atoms with Gasteiger partial charge in [0.25, 0.3) is 0 Å². The molecule has 6 fully saturated rings. The number of carbonyl (C=O) groups excluding carboxylic acids is 1. The Hall–Kier alpha value is -0.790. The van der Waals surface area contributed by atoms with Crippen molar-refractivity contribution in [2.75, 3.05) is 53.2 Å². The molecule has 7 rings (SSSR count). The second-order valence-electron chi connectivity index (χ2n) is 15.8. The predicted molar refractivity (Wildman–Crippen MR) is 159 cm³/mol. The van der Waals surface area contributed by atoms with Crippen LogP contribution in [0.3, 0.4) is 0 Å². The first kappa shape index (κ1) is 29.0. The molecule has 5 aliphatic carbocycles. The Bertz CT molecular complexity index is 1060. The minimum Gasteiger partial charge on any atom is -0.382 e. The van der Waals surface area contributed by atoms with Crippen molar-refractivity contribution in [1.29, 1.82) is 0 Å². The Morgan fingerprint density at radius 1 is 1.05 bits per heavy atom. The molecule has 6 nitrogen and oxygen atoms in total. The number of rotatable bonds is 9. The highest BCUT2D eigenvalue weighted by Crippen LogP contribution is 2.87. The van der Waals surface area contributed by atoms with Crippen molar-refractivity contribution in [2.24, 2.45) is 45.8 Å². The number of allylic oxidation sites excluding steroid dienone is 2. The summed E-state index contributed by atoms with van der Waals surface area (Å²) in [7, 11) is 1.70. The maximum atomic E-state index is 12.4. The molecule has 2 unspecified atom stereocenters. The molecule has 11 atom stereocenters. The normalized spacial score (nSPS) is 50.1. The molecule has 41 heavy (non-hydrogen) atoms. The lowest BCUT2D eigenvalue weighted by Crippen LogP contribution is -2.55. The molecule has 2 heterocycles. The van der Waals surface area contributed by atoms with Crippen LogP contribution < -0.4 is 0 Å². The number of hydrogen-bond donors (Lipinski definition) is 0. The van der Waals surface area contributed by atoms with Crippen LogP contribution in [0.4, 0.5) is 0 Å². The van der Waals surface area contributed by atoms with Crippen LogP contribution >= 0.6 is 0 Å². The predicted octanol–water partition coefficient (Wildman–Crippen LogP) is 5.68. The number of methoxy groups -OCH3 is 1. The smallest absolute Gasteiger partial charge is 0.136 e. The van der Waals surface area contributed by atoms with Crippen molar-refractivity contribution < 1.29 is 23.7 Å². The summed E-state index contributed by atoms with van der Waals surface area (Å²) in [4.78, 5) is 15.1. The van der Waals surface area contributed by atoms with Gasteiger partial charge in [0, 0.05) is 50.4 Å². The van der Waals surface area contributed by atoms with Crippen LogP contribution in [0.15, 0.2) is 11.6 Å². The first-order chi connectivity index (χ1) is 19.7. The first-order valence-electron chi connectivity index (χ1n) is 17.0. The van der Waals surface area contributed by atoms with E-state index in [1.165, 1.54) is 44.1 Å². The molecule has 6 heteroatoms. The molecule has 4 saturated carbocycles. The molecule has 0 aromatic rings. The molecule has 2 spiro atoms. The number of likely N-dealkylation sites (tertiary alicyclic amines) is 1. The van der Waals surface area contributed by atoms with Gasteiger partial charge in [0.2, 0.25) is 0 Å². The number of carbonyl (C=O) groups is 1. The fourth-order valence-electron chi connectivity index (χ4n) is 12.2. The summed E-state index contributed by atoms with van der Waals surface area (Å²) in [6.07, 6.45) is 13.2. The third-order valence-corrected chi connectivity index (χ3v) is 14.1. The number of hydrogen-bond acceptors (Lipinski definition) is 6. The zero-order chi connectivity index (χ0) is 28.6. The van der Waals surface area contributed by atoms with E-state index in [0.29, 0.717) is 61.6 Å². The zero-order valence-electron chi connectivity index (χ0n) is 26.4. The number of fused-ring (bicyclic) bond motifs is 6. The van der Waals surface area contributed by atoms with E-state index >= 15 is 0 Å². The highest BCUT2D eigenvalue weighted by molar-refractivity contribution is 5.82. The van der Waals surface area contributed by atoms with Gasteiger partial charge in [-0.2, -0.15) is 0 Å². The average Bonchev–Trinajstić information content (AvgIpc) is 3.28. The van der Waals surface area contributed by atoms with Crippen molar-refractivity contribution in [3.63, 3.8) is 0 Å². The molecule has 7 aliphatic rings. The summed E-state index contributed by atoms with van der Waals surface area (Å²) < 4.78 is 24.1. The summed E-state index contributed by atoms with van der Waals surface area (Å²) in [6.45, 7) is 15.6. The molecular formula is C35H55NO5. The highest BCUT2D eigenvalue weighted by Gasteiger charge is 2.84. The summed E-state index contributed by atoms with van der Waals surface area (Å²) >= 11 is 0. The molecule has 230 valence electrons. The SMILES string of the molecule is COCCOCCOCCN1C[C@@H](C)C[C@H]2O[C@]3(CC[C@H]4[C@@H]5CC=C6CC(=O)CC[C@]6(C)[C@H]5CC45CC53C)[C@H](C)[C@@H]21. The fraction of sp³-hybridized carbons (Fsp3) is 0.914. The van der Waals surface area contributed by atoms with Gasteiger partial charge in [-0.05, 0) is 79.4 Å². The monoisotopic (exact) mass is 569 g/mol. The van der Waals surface area contributed by atoms with Gasteiger partial charge in [-0.25, -0.2) is 0 Å². The van der Waals surface area contributed by atoms with Crippen LogP contribution in [0, 0.1) is 45.8 Å². The van der Waals surface area contributed by atoms with Gasteiger partial charge in [0.15, 0.2) is 0 Å². The maximum absolute atomic E-state index is 12.4. The second kappa shape index (κ2) is 10.4. The molecular weight excluding hydrogens is 514 g/mol. The van der Waals surface area contributed by atoms with Crippen molar-refractivity contribution in [1.82, 2.24) is 4.90 Å². The van der Waals surface area contributed by atoms with Gasteiger partial charge in [0.05, 0.1) is 44.7 Å². The number of nitrogens with zero attached hydrogens (tertiary/aromatic N) is 1. The Morgan fingerprint density at radius 2 is 1.83 bits per heavy atom. The van der Waals surface area contributed by atoms with Crippen LogP contribution in [0.25, 0.3) is 0 Å². The highest BCUT2D eigenvalue weighted by atomic mass is 16.5. The summed E-state index contributed by atoms with van der Waals surface area (Å²) in [6, 6.07) is 0.498. The van der Waals surface area contributed by atoms with Crippen LogP contribution in [-0.2, 0) is 23.7 Å². The van der Waals surface area contributed by atoms with E-state index in [-0.39, 0.29) is 16.4 Å². The fourth-order valence-corrected chi connectivity index (χ4v) is 12.2. The third-order valence-electron chi connectivity index (χ3n) is 14.1. The van der Waals surface area contributed by atoms with Crippen LogP contribution in [-0.4, -0.2) is 81.7 Å². The van der Waals surface area contributed by atoms with Gasteiger partial charge in [-0.1, -0.05) is 39.3 Å². The van der Waals surface area contributed by atoms with Crippen LogP contribution in [0.5, 0.6) is 0 Å². The molecule has 0 N–H and O–H groups in total. The van der Waals surface area contributed by atoms with Crippen molar-refractivity contribution in [3.05, 3.63) is 11.6 Å². The maximum Gasteiger partial charge on any atom is 0.136 e. The molecule has 0 radical (unpaired) electrons. The largest absolute Gasteiger partial charge is 0.382 e. The quantitative estimate of drug-likeness (QED) is 0.263. The van der Waals surface area contributed by atoms with Gasteiger partial charge in [-0.15, -0.1) is 0 Å². The van der Waals surface area contributed by atoms with Crippen molar-refractivity contribution >= 4 is 5.78 Å². The van der Waals surface area contributed by atoms with E-state index in [9.17, 15) is 4.79 Å². The summed E-state index contributed by atoms with van der Waals surface area (Å²) in [5.74, 6) is 4.06. The Balaban J connectivity index is 1.06. The van der Waals surface area contributed by atoms with E-state index in [0.717, 1.165) is 56.7 Å². The Morgan fingerprint density at radius 3 is 2.63 bits per heavy atom. The minimum atomic E-state index is 0.00434. The van der Waals surface area contributed by atoms with Gasteiger partial charge in [0.1, 0.15) is 5.78 Å². The lowest BCUT2D eigenvalue weighted by molar-refractivity contribution is -0.148. The number of ketones is 1. The number of ether oxygens (including phenoxy) is 4. The number of piperidine rings is 1. The van der Waals surface area contributed by atoms with E-state index in [1.807, 2.05) is 0 Å². The molecule has 0 aromatic carbocycles. The molecule has 0 aromatic heterocycles. The summed E-state index contributed by atoms with van der Waals surface area (Å²) in [5.41, 5.74) is 2.47. The van der Waals surface area contributed by atoms with Crippen LogP contribution in [0.1, 0.15) is 85.5 Å². The third kappa shape index (κ3) is 4.16. The van der Waals surface area contributed by atoms with Crippen molar-refractivity contribution in [2.45, 2.75) is 103 Å². The lowest BCUT2D eigenvalue weighted by atomic mass is 9.56.